The average Bonchev–Trinajstić information content (AvgIpc) is 2.35. The van der Waals surface area contributed by atoms with Gasteiger partial charge in [-0.1, -0.05) is 5.92 Å². The van der Waals surface area contributed by atoms with Crippen LogP contribution in [-0.4, -0.2) is 23.5 Å². The van der Waals surface area contributed by atoms with E-state index in [1.807, 2.05) is 0 Å². The summed E-state index contributed by atoms with van der Waals surface area (Å²) in [7, 11) is 0. The summed E-state index contributed by atoms with van der Waals surface area (Å²) >= 11 is 0. The summed E-state index contributed by atoms with van der Waals surface area (Å²) in [4.78, 5) is 21.0. The third-order valence-corrected chi connectivity index (χ3v) is 2.16. The lowest BCUT2D eigenvalue weighted by Crippen LogP contribution is -2.36. The number of nitrogens with one attached hydrogen (secondary N) is 1. The van der Waals surface area contributed by atoms with Gasteiger partial charge >= 0.3 is 5.69 Å². The highest BCUT2D eigenvalue weighted by molar-refractivity contribution is 5.80. The summed E-state index contributed by atoms with van der Waals surface area (Å²) in [6.45, 7) is 1.51. The van der Waals surface area contributed by atoms with Crippen molar-refractivity contribution in [2.24, 2.45) is 0 Å². The molecule has 0 aliphatic heterocycles. The van der Waals surface area contributed by atoms with Crippen LogP contribution in [0.2, 0.25) is 0 Å². The van der Waals surface area contributed by atoms with E-state index in [1.54, 1.807) is 0 Å². The molecule has 0 aliphatic carbocycles. The van der Waals surface area contributed by atoms with Crippen molar-refractivity contribution >= 4 is 11.6 Å². The fourth-order valence-corrected chi connectivity index (χ4v) is 1.25. The summed E-state index contributed by atoms with van der Waals surface area (Å²) in [6.07, 6.45) is 4.08. The van der Waals surface area contributed by atoms with E-state index < -0.39 is 28.4 Å². The molecule has 6 nitrogen and oxygen atoms in total. The number of carbonyl (C=O) groups excluding carboxylic acids is 1. The second kappa shape index (κ2) is 6.35. The Morgan fingerprint density at radius 2 is 2.37 bits per heavy atom. The minimum absolute atomic E-state index is 0.0199. The second-order valence-corrected chi connectivity index (χ2v) is 3.55. The first-order valence-corrected chi connectivity index (χ1v) is 5.27. The Balaban J connectivity index is 2.73. The van der Waals surface area contributed by atoms with Crippen molar-refractivity contribution in [3.8, 4) is 18.1 Å². The van der Waals surface area contributed by atoms with Gasteiger partial charge in [0.2, 0.25) is 5.82 Å². The Kier molecular flexibility index (Phi) is 4.83. The van der Waals surface area contributed by atoms with Gasteiger partial charge in [0, 0.05) is 12.1 Å². The number of hydrogen-bond acceptors (Lipinski definition) is 4. The molecule has 1 amide bonds. The zero-order chi connectivity index (χ0) is 14.4. The normalized spacial score (nSPS) is 11.2. The van der Waals surface area contributed by atoms with Gasteiger partial charge in [0.25, 0.3) is 5.91 Å². The number of amides is 1. The summed E-state index contributed by atoms with van der Waals surface area (Å²) in [6, 6.07) is 3.03. The molecule has 0 radical (unpaired) electrons. The third kappa shape index (κ3) is 3.96. The average molecular weight is 266 g/mol. The van der Waals surface area contributed by atoms with E-state index in [9.17, 15) is 19.3 Å². The maximum Gasteiger partial charge on any atom is 0.305 e. The first-order chi connectivity index (χ1) is 8.95. The number of hydrogen-bond donors (Lipinski definition) is 1. The number of nitro benzene ring substituents is 1. The lowest BCUT2D eigenvalue weighted by molar-refractivity contribution is -0.387. The van der Waals surface area contributed by atoms with Crippen LogP contribution in [0.5, 0.6) is 5.75 Å². The monoisotopic (exact) mass is 266 g/mol. The molecule has 1 unspecified atom stereocenters. The van der Waals surface area contributed by atoms with Crippen molar-refractivity contribution in [2.75, 3.05) is 6.54 Å². The number of carbonyl (C=O) groups is 1. The van der Waals surface area contributed by atoms with Crippen LogP contribution >= 0.6 is 0 Å². The first-order valence-electron chi connectivity index (χ1n) is 5.27. The van der Waals surface area contributed by atoms with Gasteiger partial charge in [0.05, 0.1) is 11.5 Å². The first kappa shape index (κ1) is 14.4. The Morgan fingerprint density at radius 1 is 1.68 bits per heavy atom. The number of nitrogens with zero attached hydrogens (tertiary/aromatic N) is 1. The Labute approximate surface area is 108 Å². The Morgan fingerprint density at radius 3 is 2.89 bits per heavy atom. The molecule has 0 saturated heterocycles. The lowest BCUT2D eigenvalue weighted by Gasteiger charge is -2.13. The van der Waals surface area contributed by atoms with Crippen molar-refractivity contribution in [3.05, 3.63) is 34.1 Å². The quantitative estimate of drug-likeness (QED) is 0.494. The Hall–Kier alpha value is -2.62. The van der Waals surface area contributed by atoms with E-state index >= 15 is 0 Å². The van der Waals surface area contributed by atoms with Gasteiger partial charge in [-0.15, -0.1) is 6.42 Å². The molecule has 1 atom stereocenters. The predicted octanol–water partition coefficient (Wildman–Crippen LogP) is 1.25. The highest BCUT2D eigenvalue weighted by Crippen LogP contribution is 2.22. The lowest BCUT2D eigenvalue weighted by atomic mass is 10.3. The molecule has 0 aliphatic rings. The van der Waals surface area contributed by atoms with E-state index in [4.69, 9.17) is 11.2 Å². The number of terminal acetylenes is 1. The van der Waals surface area contributed by atoms with Crippen molar-refractivity contribution < 1.29 is 18.8 Å². The Bertz CT molecular complexity index is 539. The van der Waals surface area contributed by atoms with Gasteiger partial charge in [-0.3, -0.25) is 14.9 Å². The smallest absolute Gasteiger partial charge is 0.305 e. The summed E-state index contributed by atoms with van der Waals surface area (Å²) in [5.41, 5.74) is -0.656. The number of nitro groups is 1. The van der Waals surface area contributed by atoms with Gasteiger partial charge in [-0.2, -0.15) is 4.39 Å². The number of halogens is 1. The maximum atomic E-state index is 13.3. The number of rotatable bonds is 5. The van der Waals surface area contributed by atoms with Crippen LogP contribution in [0, 0.1) is 28.3 Å². The number of benzene rings is 1. The van der Waals surface area contributed by atoms with Crippen molar-refractivity contribution in [1.29, 1.82) is 0 Å². The van der Waals surface area contributed by atoms with E-state index in [0.717, 1.165) is 12.1 Å². The fraction of sp³-hybridized carbons (Fsp3) is 0.250. The van der Waals surface area contributed by atoms with Gasteiger partial charge in [-0.05, 0) is 13.0 Å². The van der Waals surface area contributed by atoms with Crippen LogP contribution in [0.25, 0.3) is 0 Å². The number of ether oxygens (including phenoxy) is 1. The van der Waals surface area contributed by atoms with Crippen LogP contribution in [-0.2, 0) is 4.79 Å². The summed E-state index contributed by atoms with van der Waals surface area (Å²) in [5, 5.41) is 12.8. The highest BCUT2D eigenvalue weighted by Gasteiger charge is 2.17. The standard InChI is InChI=1S/C12H11FN2O4/c1-3-6-14-12(16)8(2)19-9-4-5-11(15(17)18)10(13)7-9/h1,4-5,7-8H,6H2,2H3,(H,14,16). The van der Waals surface area contributed by atoms with E-state index in [0.29, 0.717) is 0 Å². The van der Waals surface area contributed by atoms with Crippen LogP contribution < -0.4 is 10.1 Å². The molecular weight excluding hydrogens is 255 g/mol. The molecule has 1 aromatic rings. The van der Waals surface area contributed by atoms with Crippen LogP contribution in [0.3, 0.4) is 0 Å². The van der Waals surface area contributed by atoms with Crippen LogP contribution in [0.1, 0.15) is 6.92 Å². The molecule has 19 heavy (non-hydrogen) atoms. The SMILES string of the molecule is C#CCNC(=O)C(C)Oc1ccc([N+](=O)[O-])c(F)c1. The van der Waals surface area contributed by atoms with Crippen molar-refractivity contribution in [1.82, 2.24) is 5.32 Å². The zero-order valence-electron chi connectivity index (χ0n) is 10.1. The van der Waals surface area contributed by atoms with Gasteiger partial charge in [-0.25, -0.2) is 0 Å². The third-order valence-electron chi connectivity index (χ3n) is 2.16. The molecule has 0 bridgehead atoms. The minimum Gasteiger partial charge on any atom is -0.481 e. The topological polar surface area (TPSA) is 81.5 Å². The molecule has 0 fully saturated rings. The van der Waals surface area contributed by atoms with Crippen LogP contribution in [0.4, 0.5) is 10.1 Å². The molecule has 1 N–H and O–H groups in total. The summed E-state index contributed by atoms with van der Waals surface area (Å²) < 4.78 is 18.5. The van der Waals surface area contributed by atoms with E-state index in [2.05, 4.69) is 11.2 Å². The molecular formula is C12H11FN2O4. The molecule has 0 spiro atoms. The van der Waals surface area contributed by atoms with Crippen molar-refractivity contribution in [2.45, 2.75) is 13.0 Å². The van der Waals surface area contributed by atoms with Gasteiger partial charge in [0.15, 0.2) is 6.10 Å². The summed E-state index contributed by atoms with van der Waals surface area (Å²) in [5.74, 6) is 0.753. The molecule has 0 saturated carbocycles. The molecule has 1 rings (SSSR count). The van der Waals surface area contributed by atoms with Gasteiger partial charge < -0.3 is 10.1 Å². The maximum absolute atomic E-state index is 13.3. The minimum atomic E-state index is -1.03. The molecule has 0 aromatic heterocycles. The largest absolute Gasteiger partial charge is 0.481 e. The fourth-order valence-electron chi connectivity index (χ4n) is 1.25. The molecule has 1 aromatic carbocycles. The molecule has 100 valence electrons. The molecule has 7 heteroatoms. The zero-order valence-corrected chi connectivity index (χ0v) is 10.1. The predicted molar refractivity (Wildman–Crippen MR) is 65.0 cm³/mol. The van der Waals surface area contributed by atoms with E-state index in [1.165, 1.54) is 13.0 Å². The second-order valence-electron chi connectivity index (χ2n) is 3.55. The molecule has 0 heterocycles. The van der Waals surface area contributed by atoms with E-state index in [-0.39, 0.29) is 12.3 Å². The van der Waals surface area contributed by atoms with Crippen molar-refractivity contribution in [3.63, 3.8) is 0 Å². The van der Waals surface area contributed by atoms with Crippen LogP contribution in [0.15, 0.2) is 18.2 Å². The van der Waals surface area contributed by atoms with Gasteiger partial charge in [0.1, 0.15) is 5.75 Å². The highest BCUT2D eigenvalue weighted by atomic mass is 19.1.